The maximum absolute atomic E-state index is 11.7. The van der Waals surface area contributed by atoms with E-state index in [9.17, 15) is 9.90 Å². The van der Waals surface area contributed by atoms with Crippen LogP contribution in [0.1, 0.15) is 22.6 Å². The number of para-hydroxylation sites is 1. The minimum absolute atomic E-state index is 0.421. The highest BCUT2D eigenvalue weighted by atomic mass is 16.5. The third kappa shape index (κ3) is 4.48. The van der Waals surface area contributed by atoms with Crippen LogP contribution in [0.2, 0.25) is 0 Å². The van der Waals surface area contributed by atoms with Gasteiger partial charge in [0, 0.05) is 0 Å². The molecule has 1 atom stereocenters. The van der Waals surface area contributed by atoms with Crippen molar-refractivity contribution in [3.63, 3.8) is 0 Å². The van der Waals surface area contributed by atoms with E-state index in [0.717, 1.165) is 22.4 Å². The number of carbonyl (C=O) groups is 1. The molecule has 0 radical (unpaired) electrons. The van der Waals surface area contributed by atoms with Crippen molar-refractivity contribution in [1.29, 1.82) is 0 Å². The molecule has 0 aromatic heterocycles. The molecule has 3 nitrogen and oxygen atoms in total. The number of rotatable bonds is 6. The van der Waals surface area contributed by atoms with Crippen LogP contribution in [0.15, 0.2) is 78.9 Å². The van der Waals surface area contributed by atoms with Gasteiger partial charge < -0.3 is 9.84 Å². The van der Waals surface area contributed by atoms with E-state index in [1.54, 1.807) is 0 Å². The fourth-order valence-corrected chi connectivity index (χ4v) is 2.74. The van der Waals surface area contributed by atoms with Crippen molar-refractivity contribution in [2.24, 2.45) is 0 Å². The fourth-order valence-electron chi connectivity index (χ4n) is 2.74. The number of aliphatic carboxylic acids is 1. The van der Waals surface area contributed by atoms with Crippen LogP contribution in [0, 0.1) is 6.92 Å². The summed E-state index contributed by atoms with van der Waals surface area (Å²) in [7, 11) is 0. The maximum Gasteiger partial charge on any atom is 0.311 e. The predicted molar refractivity (Wildman–Crippen MR) is 98.2 cm³/mol. The van der Waals surface area contributed by atoms with Gasteiger partial charge in [0.05, 0.1) is 5.92 Å². The molecule has 1 unspecified atom stereocenters. The van der Waals surface area contributed by atoms with Crippen LogP contribution in [0.5, 0.6) is 11.5 Å². The molecular formula is C22H20O3. The first kappa shape index (κ1) is 16.8. The van der Waals surface area contributed by atoms with Crippen LogP contribution in [-0.4, -0.2) is 11.1 Å². The highest BCUT2D eigenvalue weighted by Crippen LogP contribution is 2.26. The Kier molecular flexibility index (Phi) is 5.14. The van der Waals surface area contributed by atoms with E-state index in [1.807, 2.05) is 85.8 Å². The molecule has 0 bridgehead atoms. The van der Waals surface area contributed by atoms with Gasteiger partial charge in [-0.05, 0) is 48.7 Å². The molecule has 0 aliphatic heterocycles. The van der Waals surface area contributed by atoms with Crippen molar-refractivity contribution in [3.05, 3.63) is 95.6 Å². The van der Waals surface area contributed by atoms with E-state index >= 15 is 0 Å². The normalized spacial score (nSPS) is 11.7. The molecule has 0 aliphatic carbocycles. The van der Waals surface area contributed by atoms with Gasteiger partial charge in [0.15, 0.2) is 0 Å². The Labute approximate surface area is 147 Å². The van der Waals surface area contributed by atoms with Crippen molar-refractivity contribution < 1.29 is 14.6 Å². The molecule has 0 saturated carbocycles. The van der Waals surface area contributed by atoms with Gasteiger partial charge in [-0.1, -0.05) is 60.2 Å². The Morgan fingerprint density at radius 3 is 2.28 bits per heavy atom. The number of ether oxygens (including phenoxy) is 1. The molecule has 0 heterocycles. The molecule has 3 heteroatoms. The van der Waals surface area contributed by atoms with Gasteiger partial charge in [-0.25, -0.2) is 0 Å². The number of hydrogen-bond acceptors (Lipinski definition) is 2. The van der Waals surface area contributed by atoms with Crippen molar-refractivity contribution in [2.75, 3.05) is 0 Å². The Balaban J connectivity index is 1.79. The summed E-state index contributed by atoms with van der Waals surface area (Å²) in [6, 6.07) is 24.8. The van der Waals surface area contributed by atoms with Crippen LogP contribution < -0.4 is 4.74 Å². The molecule has 3 rings (SSSR count). The standard InChI is InChI=1S/C22H20O3/c1-16-10-12-18(13-11-16)21(22(23)24)15-17-6-5-9-20(14-17)25-19-7-3-2-4-8-19/h2-14,21H,15H2,1H3,(H,23,24). The maximum atomic E-state index is 11.7. The molecule has 25 heavy (non-hydrogen) atoms. The Morgan fingerprint density at radius 1 is 0.920 bits per heavy atom. The van der Waals surface area contributed by atoms with Gasteiger partial charge >= 0.3 is 5.97 Å². The Hall–Kier alpha value is -3.07. The lowest BCUT2D eigenvalue weighted by Crippen LogP contribution is -2.14. The summed E-state index contributed by atoms with van der Waals surface area (Å²) in [5.74, 6) is 0.0653. The topological polar surface area (TPSA) is 46.5 Å². The second kappa shape index (κ2) is 7.67. The minimum Gasteiger partial charge on any atom is -0.481 e. The summed E-state index contributed by atoms with van der Waals surface area (Å²) >= 11 is 0. The van der Waals surface area contributed by atoms with Crippen LogP contribution >= 0.6 is 0 Å². The summed E-state index contributed by atoms with van der Waals surface area (Å²) in [6.45, 7) is 1.99. The quantitative estimate of drug-likeness (QED) is 0.675. The average molecular weight is 332 g/mol. The van der Waals surface area contributed by atoms with Crippen LogP contribution in [0.4, 0.5) is 0 Å². The molecule has 0 amide bonds. The SMILES string of the molecule is Cc1ccc(C(Cc2cccc(Oc3ccccc3)c2)C(=O)O)cc1. The van der Waals surface area contributed by atoms with E-state index in [2.05, 4.69) is 0 Å². The van der Waals surface area contributed by atoms with Crippen molar-refractivity contribution in [3.8, 4) is 11.5 Å². The molecule has 1 N–H and O–H groups in total. The fraction of sp³-hybridized carbons (Fsp3) is 0.136. The molecule has 0 spiro atoms. The average Bonchev–Trinajstić information content (AvgIpc) is 2.62. The summed E-state index contributed by atoms with van der Waals surface area (Å²) < 4.78 is 5.84. The Morgan fingerprint density at radius 2 is 1.60 bits per heavy atom. The first-order valence-electron chi connectivity index (χ1n) is 8.23. The summed E-state index contributed by atoms with van der Waals surface area (Å²) in [4.78, 5) is 11.7. The van der Waals surface area contributed by atoms with E-state index in [1.165, 1.54) is 0 Å². The van der Waals surface area contributed by atoms with Crippen LogP contribution in [0.25, 0.3) is 0 Å². The highest BCUT2D eigenvalue weighted by molar-refractivity contribution is 5.76. The van der Waals surface area contributed by atoms with Crippen LogP contribution in [-0.2, 0) is 11.2 Å². The molecule has 0 aliphatic rings. The monoisotopic (exact) mass is 332 g/mol. The second-order valence-electron chi connectivity index (χ2n) is 6.07. The first-order valence-corrected chi connectivity index (χ1v) is 8.23. The molecule has 3 aromatic carbocycles. The lowest BCUT2D eigenvalue weighted by molar-refractivity contribution is -0.138. The zero-order valence-electron chi connectivity index (χ0n) is 14.1. The lowest BCUT2D eigenvalue weighted by Gasteiger charge is -2.14. The number of hydrogen-bond donors (Lipinski definition) is 1. The summed E-state index contributed by atoms with van der Waals surface area (Å²) in [5, 5.41) is 9.63. The largest absolute Gasteiger partial charge is 0.481 e. The van der Waals surface area contributed by atoms with Crippen LogP contribution in [0.3, 0.4) is 0 Å². The third-order valence-corrected chi connectivity index (χ3v) is 4.09. The number of aryl methyl sites for hydroxylation is 1. The van der Waals surface area contributed by atoms with Gasteiger partial charge in [-0.15, -0.1) is 0 Å². The van der Waals surface area contributed by atoms with Gasteiger partial charge in [0.2, 0.25) is 0 Å². The lowest BCUT2D eigenvalue weighted by atomic mass is 9.91. The highest BCUT2D eigenvalue weighted by Gasteiger charge is 2.20. The van der Waals surface area contributed by atoms with Gasteiger partial charge in [-0.2, -0.15) is 0 Å². The summed E-state index contributed by atoms with van der Waals surface area (Å²) in [5.41, 5.74) is 2.86. The molecule has 0 saturated heterocycles. The number of carboxylic acid groups (broad SMARTS) is 1. The van der Waals surface area contributed by atoms with Crippen molar-refractivity contribution in [2.45, 2.75) is 19.3 Å². The van der Waals surface area contributed by atoms with Gasteiger partial charge in [-0.3, -0.25) is 4.79 Å². The second-order valence-corrected chi connectivity index (χ2v) is 6.07. The summed E-state index contributed by atoms with van der Waals surface area (Å²) in [6.07, 6.45) is 0.421. The molecular weight excluding hydrogens is 312 g/mol. The van der Waals surface area contributed by atoms with E-state index in [0.29, 0.717) is 12.2 Å². The number of benzene rings is 3. The number of carboxylic acids is 1. The zero-order valence-corrected chi connectivity index (χ0v) is 14.1. The van der Waals surface area contributed by atoms with Crippen molar-refractivity contribution in [1.82, 2.24) is 0 Å². The zero-order chi connectivity index (χ0) is 17.6. The van der Waals surface area contributed by atoms with E-state index in [4.69, 9.17) is 4.74 Å². The smallest absolute Gasteiger partial charge is 0.311 e. The predicted octanol–water partition coefficient (Wildman–Crippen LogP) is 5.20. The molecule has 126 valence electrons. The van der Waals surface area contributed by atoms with Crippen molar-refractivity contribution >= 4 is 5.97 Å². The minimum atomic E-state index is -0.821. The van der Waals surface area contributed by atoms with E-state index < -0.39 is 11.9 Å². The molecule has 3 aromatic rings. The third-order valence-electron chi connectivity index (χ3n) is 4.09. The van der Waals surface area contributed by atoms with E-state index in [-0.39, 0.29) is 0 Å². The molecule has 0 fully saturated rings. The first-order chi connectivity index (χ1) is 12.1. The Bertz CT molecular complexity index is 839. The van der Waals surface area contributed by atoms with Gasteiger partial charge in [0.1, 0.15) is 11.5 Å². The van der Waals surface area contributed by atoms with Gasteiger partial charge in [0.25, 0.3) is 0 Å².